The summed E-state index contributed by atoms with van der Waals surface area (Å²) in [5.74, 6) is -0.355. The molecular formula is C18H21N3O5S. The second kappa shape index (κ2) is 9.04. The van der Waals surface area contributed by atoms with Crippen molar-refractivity contribution in [3.8, 4) is 5.75 Å². The molecule has 0 aromatic heterocycles. The highest BCUT2D eigenvalue weighted by Gasteiger charge is 2.17. The molecule has 0 radical (unpaired) electrons. The molecule has 0 aliphatic heterocycles. The zero-order valence-electron chi connectivity index (χ0n) is 14.7. The number of phenolic OH excluding ortho intramolecular Hbond substituents is 1. The Hall–Kier alpha value is -3.07. The number of aromatic hydroxyl groups is 1. The van der Waals surface area contributed by atoms with Gasteiger partial charge in [-0.1, -0.05) is 13.3 Å². The highest BCUT2D eigenvalue weighted by molar-refractivity contribution is 7.90. The number of benzene rings is 2. The first kappa shape index (κ1) is 20.2. The summed E-state index contributed by atoms with van der Waals surface area (Å²) in [6.45, 7) is 2.35. The molecule has 27 heavy (non-hydrogen) atoms. The van der Waals surface area contributed by atoms with E-state index >= 15 is 0 Å². The number of phenols is 1. The van der Waals surface area contributed by atoms with Gasteiger partial charge >= 0.3 is 6.03 Å². The summed E-state index contributed by atoms with van der Waals surface area (Å²) in [4.78, 5) is 23.6. The van der Waals surface area contributed by atoms with Gasteiger partial charge in [0.1, 0.15) is 5.75 Å². The monoisotopic (exact) mass is 391 g/mol. The fourth-order valence-electron chi connectivity index (χ4n) is 2.13. The fourth-order valence-corrected chi connectivity index (χ4v) is 3.06. The van der Waals surface area contributed by atoms with E-state index in [-0.39, 0.29) is 10.6 Å². The highest BCUT2D eigenvalue weighted by Crippen LogP contribution is 2.16. The van der Waals surface area contributed by atoms with Gasteiger partial charge in [0.15, 0.2) is 0 Å². The number of nitrogens with one attached hydrogen (secondary N) is 3. The van der Waals surface area contributed by atoms with Crippen molar-refractivity contribution >= 4 is 27.6 Å². The van der Waals surface area contributed by atoms with Gasteiger partial charge in [-0.2, -0.15) is 0 Å². The number of rotatable bonds is 7. The van der Waals surface area contributed by atoms with Crippen LogP contribution in [0.1, 0.15) is 30.1 Å². The van der Waals surface area contributed by atoms with Crippen LogP contribution < -0.4 is 15.4 Å². The number of unbranched alkanes of at least 4 members (excludes halogenated alkanes) is 1. The van der Waals surface area contributed by atoms with E-state index in [0.29, 0.717) is 17.8 Å². The van der Waals surface area contributed by atoms with Crippen LogP contribution in [0.5, 0.6) is 5.75 Å². The van der Waals surface area contributed by atoms with Crippen LogP contribution in [-0.2, 0) is 10.0 Å². The quantitative estimate of drug-likeness (QED) is 0.540. The lowest BCUT2D eigenvalue weighted by Crippen LogP contribution is -2.39. The summed E-state index contributed by atoms with van der Waals surface area (Å²) in [6.07, 6.45) is 1.63. The predicted octanol–water partition coefficient (Wildman–Crippen LogP) is 2.43. The maximum Gasteiger partial charge on any atom is 0.328 e. The van der Waals surface area contributed by atoms with E-state index in [1.165, 1.54) is 48.5 Å². The van der Waals surface area contributed by atoms with Crippen molar-refractivity contribution < 1.29 is 23.1 Å². The van der Waals surface area contributed by atoms with Crippen LogP contribution in [0.2, 0.25) is 0 Å². The molecule has 0 atom stereocenters. The first-order valence-corrected chi connectivity index (χ1v) is 9.81. The number of sulfonamides is 1. The van der Waals surface area contributed by atoms with Crippen LogP contribution in [0.15, 0.2) is 53.4 Å². The molecule has 2 aromatic rings. The summed E-state index contributed by atoms with van der Waals surface area (Å²) in [7, 11) is -4.00. The maximum atomic E-state index is 12.2. The maximum absolute atomic E-state index is 12.2. The zero-order chi connectivity index (χ0) is 19.9. The molecule has 0 aliphatic rings. The van der Waals surface area contributed by atoms with Crippen LogP contribution in [-0.4, -0.2) is 32.0 Å². The zero-order valence-corrected chi connectivity index (χ0v) is 15.5. The van der Waals surface area contributed by atoms with Crippen LogP contribution in [0, 0.1) is 0 Å². The number of hydrogen-bond donors (Lipinski definition) is 4. The predicted molar refractivity (Wildman–Crippen MR) is 101 cm³/mol. The number of anilines is 1. The molecule has 8 nitrogen and oxygen atoms in total. The average Bonchev–Trinajstić information content (AvgIpc) is 2.62. The summed E-state index contributed by atoms with van der Waals surface area (Å²) >= 11 is 0. The topological polar surface area (TPSA) is 125 Å². The first-order valence-electron chi connectivity index (χ1n) is 8.33. The van der Waals surface area contributed by atoms with Crippen molar-refractivity contribution in [1.29, 1.82) is 0 Å². The molecule has 0 fully saturated rings. The molecule has 0 aliphatic carbocycles. The minimum Gasteiger partial charge on any atom is -0.508 e. The summed E-state index contributed by atoms with van der Waals surface area (Å²) in [5.41, 5.74) is 0.731. The van der Waals surface area contributed by atoms with Gasteiger partial charge in [0, 0.05) is 17.8 Å². The lowest BCUT2D eigenvalue weighted by atomic mass is 10.2. The molecule has 3 amide bonds. The lowest BCUT2D eigenvalue weighted by Gasteiger charge is -2.09. The Bertz CT molecular complexity index is 894. The molecule has 0 bridgehead atoms. The number of urea groups is 1. The molecule has 0 unspecified atom stereocenters. The van der Waals surface area contributed by atoms with Gasteiger partial charge < -0.3 is 15.7 Å². The number of hydrogen-bond acceptors (Lipinski definition) is 5. The second-order valence-electron chi connectivity index (χ2n) is 5.74. The van der Waals surface area contributed by atoms with E-state index < -0.39 is 22.0 Å². The van der Waals surface area contributed by atoms with E-state index in [9.17, 15) is 23.1 Å². The van der Waals surface area contributed by atoms with Crippen molar-refractivity contribution in [2.45, 2.75) is 24.7 Å². The third-order valence-electron chi connectivity index (χ3n) is 3.59. The van der Waals surface area contributed by atoms with E-state index in [1.54, 1.807) is 0 Å². The minimum atomic E-state index is -4.00. The van der Waals surface area contributed by atoms with Gasteiger partial charge in [0.05, 0.1) is 4.90 Å². The van der Waals surface area contributed by atoms with Gasteiger partial charge in [-0.25, -0.2) is 17.9 Å². The number of carbonyl (C=O) groups excluding carboxylic acids is 2. The number of amides is 3. The molecular weight excluding hydrogens is 370 g/mol. The molecule has 2 rings (SSSR count). The standard InChI is InChI=1S/C18H21N3O5S/c1-2-3-12-19-18(24)21-27(25,26)16-10-6-14(7-11-16)20-17(23)13-4-8-15(22)9-5-13/h4-11,22H,2-3,12H2,1H3,(H,20,23)(H2,19,21,24). The molecule has 144 valence electrons. The molecule has 0 saturated heterocycles. The van der Waals surface area contributed by atoms with Gasteiger partial charge in [0.25, 0.3) is 15.9 Å². The normalized spacial score (nSPS) is 10.9. The second-order valence-corrected chi connectivity index (χ2v) is 7.42. The minimum absolute atomic E-state index is 0.0485. The Morgan fingerprint density at radius 3 is 2.22 bits per heavy atom. The Balaban J connectivity index is 2.00. The summed E-state index contributed by atoms with van der Waals surface area (Å²) in [6, 6.07) is 10.3. The first-order chi connectivity index (χ1) is 12.8. The molecule has 2 aromatic carbocycles. The van der Waals surface area contributed by atoms with Crippen molar-refractivity contribution in [2.24, 2.45) is 0 Å². The van der Waals surface area contributed by atoms with E-state index in [2.05, 4.69) is 10.6 Å². The Labute approximate surface area is 157 Å². The van der Waals surface area contributed by atoms with Crippen molar-refractivity contribution in [1.82, 2.24) is 10.0 Å². The van der Waals surface area contributed by atoms with Crippen LogP contribution in [0.3, 0.4) is 0 Å². The smallest absolute Gasteiger partial charge is 0.328 e. The van der Waals surface area contributed by atoms with Crippen LogP contribution in [0.4, 0.5) is 10.5 Å². The third-order valence-corrected chi connectivity index (χ3v) is 4.94. The molecule has 0 heterocycles. The Morgan fingerprint density at radius 2 is 1.63 bits per heavy atom. The molecule has 0 saturated carbocycles. The highest BCUT2D eigenvalue weighted by atomic mass is 32.2. The Kier molecular flexibility index (Phi) is 6.78. The van der Waals surface area contributed by atoms with Crippen LogP contribution >= 0.6 is 0 Å². The molecule has 4 N–H and O–H groups in total. The summed E-state index contributed by atoms with van der Waals surface area (Å²) < 4.78 is 26.3. The molecule has 0 spiro atoms. The van der Waals surface area contributed by atoms with Crippen molar-refractivity contribution in [3.05, 3.63) is 54.1 Å². The SMILES string of the molecule is CCCCNC(=O)NS(=O)(=O)c1ccc(NC(=O)c2ccc(O)cc2)cc1. The Morgan fingerprint density at radius 1 is 1.00 bits per heavy atom. The lowest BCUT2D eigenvalue weighted by molar-refractivity contribution is 0.102. The van der Waals surface area contributed by atoms with E-state index in [4.69, 9.17) is 0 Å². The fraction of sp³-hybridized carbons (Fsp3) is 0.222. The van der Waals surface area contributed by atoms with Gasteiger partial charge in [-0.3, -0.25) is 4.79 Å². The van der Waals surface area contributed by atoms with E-state index in [1.807, 2.05) is 11.6 Å². The van der Waals surface area contributed by atoms with Crippen molar-refractivity contribution in [2.75, 3.05) is 11.9 Å². The van der Waals surface area contributed by atoms with Crippen molar-refractivity contribution in [3.63, 3.8) is 0 Å². The largest absolute Gasteiger partial charge is 0.508 e. The average molecular weight is 391 g/mol. The van der Waals surface area contributed by atoms with Crippen LogP contribution in [0.25, 0.3) is 0 Å². The van der Waals surface area contributed by atoms with Gasteiger partial charge in [0.2, 0.25) is 0 Å². The van der Waals surface area contributed by atoms with Gasteiger partial charge in [-0.15, -0.1) is 0 Å². The third kappa shape index (κ3) is 6.00. The van der Waals surface area contributed by atoms with Gasteiger partial charge in [-0.05, 0) is 55.0 Å². The number of carbonyl (C=O) groups is 2. The summed E-state index contributed by atoms with van der Waals surface area (Å²) in [5, 5.41) is 14.3. The molecule has 9 heteroatoms. The van der Waals surface area contributed by atoms with E-state index in [0.717, 1.165) is 12.8 Å².